The van der Waals surface area contributed by atoms with E-state index in [2.05, 4.69) is 4.98 Å². The van der Waals surface area contributed by atoms with Gasteiger partial charge in [0.05, 0.1) is 25.3 Å². The molecule has 2 aromatic heterocycles. The van der Waals surface area contributed by atoms with Crippen LogP contribution in [0.2, 0.25) is 5.02 Å². The van der Waals surface area contributed by atoms with Crippen LogP contribution in [0, 0.1) is 0 Å². The molecule has 0 bridgehead atoms. The van der Waals surface area contributed by atoms with Gasteiger partial charge in [-0.2, -0.15) is 0 Å². The number of fused-ring (bicyclic) bond motifs is 1. The van der Waals surface area contributed by atoms with Crippen LogP contribution >= 0.6 is 22.9 Å². The Balaban J connectivity index is 1.76. The normalized spacial score (nSPS) is 12.0. The topological polar surface area (TPSA) is 88.6 Å². The van der Waals surface area contributed by atoms with Crippen molar-refractivity contribution in [2.75, 3.05) is 14.2 Å². The number of hydrogen-bond acceptors (Lipinski definition) is 6. The molecule has 1 atom stereocenters. The number of rotatable bonds is 7. The number of halogens is 1. The standard InChI is InChI=1S/C22H20ClN3O4S/c1-12(13-6-4-5-7-14(13)23)30-19-10-20(31-21(19)22(24)27)26-11-25-15-8-17(28-2)18(29-3)9-16(15)26/h4-12H,1-3H3,(H2,24,27)/t12-/m1/s1. The molecule has 0 fully saturated rings. The van der Waals surface area contributed by atoms with E-state index in [0.717, 1.165) is 21.6 Å². The first-order valence-corrected chi connectivity index (χ1v) is 10.6. The third-order valence-corrected chi connectivity index (χ3v) is 6.32. The van der Waals surface area contributed by atoms with Crippen LogP contribution in [0.4, 0.5) is 0 Å². The third kappa shape index (κ3) is 3.92. The average molecular weight is 458 g/mol. The van der Waals surface area contributed by atoms with Gasteiger partial charge >= 0.3 is 0 Å². The zero-order valence-electron chi connectivity index (χ0n) is 17.1. The van der Waals surface area contributed by atoms with Crippen molar-refractivity contribution in [2.45, 2.75) is 13.0 Å². The Morgan fingerprint density at radius 1 is 1.13 bits per heavy atom. The number of amides is 1. The highest BCUT2D eigenvalue weighted by atomic mass is 35.5. The number of imidazole rings is 1. The van der Waals surface area contributed by atoms with Gasteiger partial charge in [0.2, 0.25) is 0 Å². The monoisotopic (exact) mass is 457 g/mol. The van der Waals surface area contributed by atoms with Crippen LogP contribution in [-0.4, -0.2) is 29.7 Å². The van der Waals surface area contributed by atoms with E-state index in [4.69, 9.17) is 31.5 Å². The van der Waals surface area contributed by atoms with Crippen LogP contribution in [0.15, 0.2) is 48.8 Å². The summed E-state index contributed by atoms with van der Waals surface area (Å²) in [5, 5.41) is 1.32. The van der Waals surface area contributed by atoms with E-state index in [-0.39, 0.29) is 6.10 Å². The van der Waals surface area contributed by atoms with Crippen molar-refractivity contribution in [1.82, 2.24) is 9.55 Å². The molecule has 0 saturated heterocycles. The van der Waals surface area contributed by atoms with Crippen molar-refractivity contribution in [3.63, 3.8) is 0 Å². The summed E-state index contributed by atoms with van der Waals surface area (Å²) in [6.07, 6.45) is 1.29. The SMILES string of the molecule is COc1cc2ncn(-c3cc(O[C@H](C)c4ccccc4Cl)c(C(N)=O)s3)c2cc1OC. The van der Waals surface area contributed by atoms with Crippen molar-refractivity contribution >= 4 is 39.9 Å². The van der Waals surface area contributed by atoms with Crippen LogP contribution in [0.1, 0.15) is 28.3 Å². The van der Waals surface area contributed by atoms with E-state index in [1.165, 1.54) is 11.3 Å². The summed E-state index contributed by atoms with van der Waals surface area (Å²) in [4.78, 5) is 16.9. The highest BCUT2D eigenvalue weighted by Crippen LogP contribution is 2.38. The van der Waals surface area contributed by atoms with E-state index in [0.29, 0.717) is 27.1 Å². The zero-order valence-corrected chi connectivity index (χ0v) is 18.7. The molecule has 31 heavy (non-hydrogen) atoms. The minimum Gasteiger partial charge on any atom is -0.493 e. The van der Waals surface area contributed by atoms with Gasteiger partial charge in [0.25, 0.3) is 5.91 Å². The summed E-state index contributed by atoms with van der Waals surface area (Å²) in [5.41, 5.74) is 7.96. The predicted octanol–water partition coefficient (Wildman–Crippen LogP) is 5.00. The molecule has 4 rings (SSSR count). The van der Waals surface area contributed by atoms with Gasteiger partial charge in [-0.1, -0.05) is 29.8 Å². The fourth-order valence-electron chi connectivity index (χ4n) is 3.31. The number of aromatic nitrogens is 2. The zero-order chi connectivity index (χ0) is 22.1. The van der Waals surface area contributed by atoms with E-state index >= 15 is 0 Å². The van der Waals surface area contributed by atoms with Crippen molar-refractivity contribution in [1.29, 1.82) is 0 Å². The summed E-state index contributed by atoms with van der Waals surface area (Å²) >= 11 is 7.51. The Morgan fingerprint density at radius 2 is 1.84 bits per heavy atom. The maximum Gasteiger partial charge on any atom is 0.262 e. The number of carbonyl (C=O) groups is 1. The summed E-state index contributed by atoms with van der Waals surface area (Å²) in [5.74, 6) is 0.984. The van der Waals surface area contributed by atoms with Gasteiger partial charge in [-0.05, 0) is 13.0 Å². The number of ether oxygens (including phenoxy) is 3. The van der Waals surface area contributed by atoms with Gasteiger partial charge in [0.1, 0.15) is 28.1 Å². The molecule has 7 nitrogen and oxygen atoms in total. The minimum absolute atomic E-state index is 0.316. The van der Waals surface area contributed by atoms with E-state index in [1.54, 1.807) is 38.7 Å². The lowest BCUT2D eigenvalue weighted by Crippen LogP contribution is -2.12. The van der Waals surface area contributed by atoms with Gasteiger partial charge in [-0.25, -0.2) is 4.98 Å². The maximum atomic E-state index is 12.1. The van der Waals surface area contributed by atoms with Crippen LogP contribution in [0.5, 0.6) is 17.2 Å². The number of benzene rings is 2. The first-order chi connectivity index (χ1) is 14.9. The lowest BCUT2D eigenvalue weighted by molar-refractivity contribution is 0.0998. The van der Waals surface area contributed by atoms with Crippen LogP contribution < -0.4 is 19.9 Å². The molecular formula is C22H20ClN3O4S. The van der Waals surface area contributed by atoms with E-state index < -0.39 is 5.91 Å². The second kappa shape index (κ2) is 8.49. The number of carbonyl (C=O) groups excluding carboxylic acids is 1. The van der Waals surface area contributed by atoms with Crippen LogP contribution in [-0.2, 0) is 0 Å². The van der Waals surface area contributed by atoms with Crippen molar-refractivity contribution in [3.8, 4) is 22.2 Å². The van der Waals surface area contributed by atoms with Crippen molar-refractivity contribution in [2.24, 2.45) is 5.73 Å². The largest absolute Gasteiger partial charge is 0.493 e. The molecule has 0 spiro atoms. The molecular weight excluding hydrogens is 438 g/mol. The fraction of sp³-hybridized carbons (Fsp3) is 0.182. The lowest BCUT2D eigenvalue weighted by atomic mass is 10.1. The van der Waals surface area contributed by atoms with Gasteiger partial charge in [-0.3, -0.25) is 9.36 Å². The molecule has 1 amide bonds. The fourth-order valence-corrected chi connectivity index (χ4v) is 4.53. The highest BCUT2D eigenvalue weighted by Gasteiger charge is 2.21. The smallest absolute Gasteiger partial charge is 0.262 e. The van der Waals surface area contributed by atoms with Gasteiger partial charge < -0.3 is 19.9 Å². The van der Waals surface area contributed by atoms with Gasteiger partial charge in [0.15, 0.2) is 11.5 Å². The summed E-state index contributed by atoms with van der Waals surface area (Å²) in [6.45, 7) is 1.87. The quantitative estimate of drug-likeness (QED) is 0.422. The number of methoxy groups -OCH3 is 2. The molecule has 2 N–H and O–H groups in total. The maximum absolute atomic E-state index is 12.1. The minimum atomic E-state index is -0.568. The average Bonchev–Trinajstić information content (AvgIpc) is 3.36. The Hall–Kier alpha value is -3.23. The number of thiophene rings is 1. The van der Waals surface area contributed by atoms with Gasteiger partial charge in [0, 0.05) is 28.8 Å². The van der Waals surface area contributed by atoms with E-state index in [9.17, 15) is 4.79 Å². The van der Waals surface area contributed by atoms with Crippen LogP contribution in [0.25, 0.3) is 16.0 Å². The Bertz CT molecular complexity index is 1270. The molecule has 0 aliphatic carbocycles. The van der Waals surface area contributed by atoms with E-state index in [1.807, 2.05) is 35.8 Å². The third-order valence-electron chi connectivity index (χ3n) is 4.85. The molecule has 0 aliphatic heterocycles. The molecule has 0 radical (unpaired) electrons. The first kappa shape index (κ1) is 21.0. The Labute approximate surface area is 187 Å². The first-order valence-electron chi connectivity index (χ1n) is 9.37. The second-order valence-corrected chi connectivity index (χ2v) is 8.17. The summed E-state index contributed by atoms with van der Waals surface area (Å²) < 4.78 is 18.7. The highest BCUT2D eigenvalue weighted by molar-refractivity contribution is 7.16. The van der Waals surface area contributed by atoms with Gasteiger partial charge in [-0.15, -0.1) is 11.3 Å². The molecule has 9 heteroatoms. The molecule has 160 valence electrons. The number of hydrogen-bond donors (Lipinski definition) is 1. The molecule has 4 aromatic rings. The summed E-state index contributed by atoms with van der Waals surface area (Å²) in [6, 6.07) is 12.8. The number of nitrogens with zero attached hydrogens (tertiary/aromatic N) is 2. The summed E-state index contributed by atoms with van der Waals surface area (Å²) in [7, 11) is 3.14. The Morgan fingerprint density at radius 3 is 2.52 bits per heavy atom. The molecule has 0 unspecified atom stereocenters. The molecule has 0 saturated carbocycles. The van der Waals surface area contributed by atoms with Crippen molar-refractivity contribution in [3.05, 3.63) is 64.3 Å². The predicted molar refractivity (Wildman–Crippen MR) is 121 cm³/mol. The molecule has 2 aromatic carbocycles. The second-order valence-electron chi connectivity index (χ2n) is 6.73. The molecule has 2 heterocycles. The molecule has 0 aliphatic rings. The lowest BCUT2D eigenvalue weighted by Gasteiger charge is -2.16. The number of primary amides is 1. The van der Waals surface area contributed by atoms with Crippen molar-refractivity contribution < 1.29 is 19.0 Å². The van der Waals surface area contributed by atoms with Crippen LogP contribution in [0.3, 0.4) is 0 Å². The Kier molecular flexibility index (Phi) is 5.75. The number of nitrogens with two attached hydrogens (primary N) is 1.